The summed E-state index contributed by atoms with van der Waals surface area (Å²) in [5.41, 5.74) is -0.0556. The van der Waals surface area contributed by atoms with Crippen molar-refractivity contribution in [1.82, 2.24) is 10.3 Å². The highest BCUT2D eigenvalue weighted by molar-refractivity contribution is 7.99. The van der Waals surface area contributed by atoms with Crippen LogP contribution in [0.3, 0.4) is 0 Å². The van der Waals surface area contributed by atoms with E-state index in [1.165, 1.54) is 12.8 Å². The largest absolute Gasteiger partial charge is 0.313 e. The molecule has 3 N–H and O–H groups in total. The van der Waals surface area contributed by atoms with Gasteiger partial charge in [-0.15, -0.1) is 11.8 Å². The van der Waals surface area contributed by atoms with E-state index in [9.17, 15) is 0 Å². The lowest BCUT2D eigenvalue weighted by Crippen LogP contribution is -2.56. The van der Waals surface area contributed by atoms with Crippen molar-refractivity contribution < 1.29 is 0 Å². The molecule has 1 aliphatic heterocycles. The summed E-state index contributed by atoms with van der Waals surface area (Å²) >= 11 is 1.63. The van der Waals surface area contributed by atoms with Gasteiger partial charge in [-0.3, -0.25) is 0 Å². The van der Waals surface area contributed by atoms with Crippen molar-refractivity contribution in [3.63, 3.8) is 0 Å². The molecular formula is C12H23N5S. The van der Waals surface area contributed by atoms with Crippen molar-refractivity contribution in [3.05, 3.63) is 0 Å². The fraction of sp³-hybridized carbons (Fsp3) is 0.833. The van der Waals surface area contributed by atoms with Crippen LogP contribution >= 0.6 is 11.8 Å². The number of guanidine groups is 1. The highest BCUT2D eigenvalue weighted by atomic mass is 32.2. The third kappa shape index (κ3) is 2.98. The molecule has 0 aromatic carbocycles. The van der Waals surface area contributed by atoms with Crippen molar-refractivity contribution in [2.75, 3.05) is 6.26 Å². The van der Waals surface area contributed by atoms with Crippen LogP contribution in [0.25, 0.3) is 0 Å². The highest BCUT2D eigenvalue weighted by Crippen LogP contribution is 2.32. The summed E-state index contributed by atoms with van der Waals surface area (Å²) in [7, 11) is 0. The molecule has 1 heterocycles. The van der Waals surface area contributed by atoms with Crippen LogP contribution in [-0.4, -0.2) is 34.6 Å². The molecule has 2 rings (SSSR count). The number of hydrazine groups is 1. The van der Waals surface area contributed by atoms with Gasteiger partial charge in [0.15, 0.2) is 5.50 Å². The summed E-state index contributed by atoms with van der Waals surface area (Å²) in [5.74, 6) is 8.99. The number of amidine groups is 1. The second-order valence-electron chi connectivity index (χ2n) is 5.32. The molecule has 2 aliphatic rings. The number of nitrogens with two attached hydrogens (primary N) is 1. The van der Waals surface area contributed by atoms with Gasteiger partial charge in [-0.2, -0.15) is 0 Å². The molecular weight excluding hydrogens is 246 g/mol. The number of nitrogens with one attached hydrogen (secondary N) is 1. The molecule has 0 bridgehead atoms. The first-order chi connectivity index (χ1) is 8.52. The SMILES string of the molecule is CSC1N=C(C2CC2)NC(=NC(C)C(C)C)N1N. The average Bonchev–Trinajstić information content (AvgIpc) is 3.15. The molecule has 6 heteroatoms. The Morgan fingerprint density at radius 2 is 2.11 bits per heavy atom. The van der Waals surface area contributed by atoms with E-state index in [1.807, 2.05) is 6.26 Å². The van der Waals surface area contributed by atoms with Crippen molar-refractivity contribution in [1.29, 1.82) is 0 Å². The Balaban J connectivity index is 2.17. The number of hydrogen-bond acceptors (Lipinski definition) is 4. The number of rotatable bonds is 4. The van der Waals surface area contributed by atoms with E-state index in [0.29, 0.717) is 11.8 Å². The van der Waals surface area contributed by atoms with Gasteiger partial charge in [-0.05, 0) is 31.9 Å². The molecule has 0 radical (unpaired) electrons. The molecule has 2 unspecified atom stereocenters. The molecule has 1 saturated carbocycles. The second-order valence-corrected chi connectivity index (χ2v) is 6.21. The normalized spacial score (nSPS) is 28.3. The highest BCUT2D eigenvalue weighted by Gasteiger charge is 2.34. The lowest BCUT2D eigenvalue weighted by molar-refractivity contribution is 0.392. The van der Waals surface area contributed by atoms with E-state index < -0.39 is 0 Å². The van der Waals surface area contributed by atoms with Gasteiger partial charge in [0.05, 0.1) is 6.04 Å². The number of aliphatic imine (C=N–C) groups is 2. The summed E-state index contributed by atoms with van der Waals surface area (Å²) in [5, 5.41) is 4.94. The molecule has 0 saturated heterocycles. The maximum absolute atomic E-state index is 6.08. The van der Waals surface area contributed by atoms with Gasteiger partial charge in [0.2, 0.25) is 5.96 Å². The Kier molecular flexibility index (Phi) is 4.17. The van der Waals surface area contributed by atoms with Gasteiger partial charge in [-0.1, -0.05) is 13.8 Å². The van der Waals surface area contributed by atoms with E-state index in [0.717, 1.165) is 11.8 Å². The molecule has 0 amide bonds. The first kappa shape index (κ1) is 13.7. The van der Waals surface area contributed by atoms with Crippen molar-refractivity contribution in [2.24, 2.45) is 27.7 Å². The topological polar surface area (TPSA) is 66.0 Å². The zero-order valence-electron chi connectivity index (χ0n) is 11.6. The summed E-state index contributed by atoms with van der Waals surface area (Å²) in [4.78, 5) is 9.32. The minimum absolute atomic E-state index is 0.0556. The van der Waals surface area contributed by atoms with E-state index in [-0.39, 0.29) is 11.5 Å². The maximum atomic E-state index is 6.08. The van der Waals surface area contributed by atoms with Crippen LogP contribution in [0, 0.1) is 11.8 Å². The number of nitrogens with zero attached hydrogens (tertiary/aromatic N) is 3. The molecule has 1 fully saturated rings. The average molecular weight is 269 g/mol. The van der Waals surface area contributed by atoms with Gasteiger partial charge in [-0.25, -0.2) is 20.8 Å². The molecule has 18 heavy (non-hydrogen) atoms. The summed E-state index contributed by atoms with van der Waals surface area (Å²) in [6.45, 7) is 6.45. The van der Waals surface area contributed by atoms with E-state index in [1.54, 1.807) is 16.8 Å². The Morgan fingerprint density at radius 3 is 2.61 bits per heavy atom. The monoisotopic (exact) mass is 269 g/mol. The van der Waals surface area contributed by atoms with Crippen LogP contribution in [0.15, 0.2) is 9.98 Å². The van der Waals surface area contributed by atoms with Gasteiger partial charge in [0, 0.05) is 5.92 Å². The summed E-state index contributed by atoms with van der Waals surface area (Å²) in [6, 6.07) is 0.250. The van der Waals surface area contributed by atoms with Gasteiger partial charge in [0.25, 0.3) is 0 Å². The van der Waals surface area contributed by atoms with Crippen LogP contribution in [0.1, 0.15) is 33.6 Å². The predicted octanol–water partition coefficient (Wildman–Crippen LogP) is 1.62. The molecule has 5 nitrogen and oxygen atoms in total. The lowest BCUT2D eigenvalue weighted by atomic mass is 10.1. The Morgan fingerprint density at radius 1 is 1.44 bits per heavy atom. The van der Waals surface area contributed by atoms with Crippen molar-refractivity contribution in [3.8, 4) is 0 Å². The lowest BCUT2D eigenvalue weighted by Gasteiger charge is -2.32. The fourth-order valence-electron chi connectivity index (χ4n) is 1.67. The van der Waals surface area contributed by atoms with Crippen LogP contribution in [0.2, 0.25) is 0 Å². The molecule has 102 valence electrons. The van der Waals surface area contributed by atoms with Crippen LogP contribution in [0.5, 0.6) is 0 Å². The summed E-state index contributed by atoms with van der Waals surface area (Å²) in [6.07, 6.45) is 4.47. The minimum Gasteiger partial charge on any atom is -0.313 e. The van der Waals surface area contributed by atoms with E-state index in [4.69, 9.17) is 5.84 Å². The first-order valence-electron chi connectivity index (χ1n) is 6.52. The molecule has 2 atom stereocenters. The Bertz CT molecular complexity index is 361. The Hall–Kier alpha value is -0.750. The molecule has 1 aliphatic carbocycles. The van der Waals surface area contributed by atoms with Crippen LogP contribution in [0.4, 0.5) is 0 Å². The molecule has 0 spiro atoms. The van der Waals surface area contributed by atoms with Crippen LogP contribution in [-0.2, 0) is 0 Å². The van der Waals surface area contributed by atoms with E-state index in [2.05, 4.69) is 36.1 Å². The fourth-order valence-corrected chi connectivity index (χ4v) is 2.21. The van der Waals surface area contributed by atoms with Crippen molar-refractivity contribution >= 4 is 23.6 Å². The summed E-state index contributed by atoms with van der Waals surface area (Å²) < 4.78 is 0. The number of thioether (sulfide) groups is 1. The van der Waals surface area contributed by atoms with Gasteiger partial charge < -0.3 is 5.32 Å². The van der Waals surface area contributed by atoms with Gasteiger partial charge in [0.1, 0.15) is 5.84 Å². The van der Waals surface area contributed by atoms with Crippen molar-refractivity contribution in [2.45, 2.75) is 45.2 Å². The number of hydrogen-bond donors (Lipinski definition) is 2. The zero-order chi connectivity index (χ0) is 13.3. The maximum Gasteiger partial charge on any atom is 0.216 e. The quantitative estimate of drug-likeness (QED) is 0.761. The third-order valence-electron chi connectivity index (χ3n) is 3.44. The standard InChI is InChI=1S/C12H23N5S/c1-7(2)8(3)14-11-15-10(9-5-6-9)16-12(18-4)17(11)13/h7-9,12H,5-6,13H2,1-4H3,(H,14,15,16). The van der Waals surface area contributed by atoms with Crippen LogP contribution < -0.4 is 11.2 Å². The molecule has 0 aromatic rings. The molecule has 0 aromatic heterocycles. The van der Waals surface area contributed by atoms with Gasteiger partial charge >= 0.3 is 0 Å². The third-order valence-corrected chi connectivity index (χ3v) is 4.19. The predicted molar refractivity (Wildman–Crippen MR) is 78.4 cm³/mol. The first-order valence-corrected chi connectivity index (χ1v) is 7.81. The second kappa shape index (κ2) is 5.48. The Labute approximate surface area is 113 Å². The zero-order valence-corrected chi connectivity index (χ0v) is 12.4. The van der Waals surface area contributed by atoms with E-state index >= 15 is 0 Å². The smallest absolute Gasteiger partial charge is 0.216 e. The minimum atomic E-state index is -0.0556.